The Balaban J connectivity index is 1.70. The molecule has 0 bridgehead atoms. The Morgan fingerprint density at radius 1 is 0.625 bits per heavy atom. The molecule has 1 aromatic rings. The average molecular weight is 334 g/mol. The zero-order valence-corrected chi connectivity index (χ0v) is 15.9. The second kappa shape index (κ2) is 16.8. The summed E-state index contributed by atoms with van der Waals surface area (Å²) in [7, 11) is 0. The Morgan fingerprint density at radius 2 is 1.08 bits per heavy atom. The Kier molecular flexibility index (Phi) is 14.7. The van der Waals surface area contributed by atoms with Gasteiger partial charge in [-0.3, -0.25) is 10.3 Å². The van der Waals surface area contributed by atoms with E-state index in [1.54, 1.807) is 0 Å². The maximum absolute atomic E-state index is 5.48. The summed E-state index contributed by atoms with van der Waals surface area (Å²) >= 11 is 0. The van der Waals surface area contributed by atoms with E-state index < -0.39 is 0 Å². The quantitative estimate of drug-likeness (QED) is 0.235. The molecule has 0 fully saturated rings. The highest BCUT2D eigenvalue weighted by Crippen LogP contribution is 2.13. The van der Waals surface area contributed by atoms with Gasteiger partial charge in [0.15, 0.2) is 0 Å². The molecule has 0 heterocycles. The summed E-state index contributed by atoms with van der Waals surface area (Å²) < 4.78 is 0. The molecular weight excluding hydrogens is 294 g/mol. The molecule has 0 saturated carbocycles. The fourth-order valence-electron chi connectivity index (χ4n) is 3.01. The highest BCUT2D eigenvalue weighted by molar-refractivity contribution is 5.39. The first-order valence-corrected chi connectivity index (χ1v) is 10.4. The number of rotatable bonds is 17. The molecule has 0 saturated heterocycles. The van der Waals surface area contributed by atoms with Crippen LogP contribution in [0.15, 0.2) is 30.3 Å². The minimum atomic E-state index is 0.799. The Labute approximate surface area is 150 Å². The first-order chi connectivity index (χ1) is 11.9. The van der Waals surface area contributed by atoms with E-state index in [-0.39, 0.29) is 0 Å². The Bertz CT molecular complexity index is 352. The molecule has 2 heteroatoms. The molecule has 0 spiro atoms. The SMILES string of the molecule is CCCCCCCCCCCCCCCCONc1ccccc1. The molecule has 0 aromatic heterocycles. The lowest BCUT2D eigenvalue weighted by molar-refractivity contribution is 0.187. The van der Waals surface area contributed by atoms with Crippen molar-refractivity contribution in [2.75, 3.05) is 12.1 Å². The number of unbranched alkanes of at least 4 members (excludes halogenated alkanes) is 13. The number of benzene rings is 1. The number of hydrogen-bond donors (Lipinski definition) is 1. The minimum absolute atomic E-state index is 0.799. The molecule has 0 atom stereocenters. The molecule has 0 aliphatic rings. The van der Waals surface area contributed by atoms with Gasteiger partial charge in [0.25, 0.3) is 0 Å². The fraction of sp³-hybridized carbons (Fsp3) is 0.727. The molecule has 138 valence electrons. The van der Waals surface area contributed by atoms with Gasteiger partial charge in [0.1, 0.15) is 0 Å². The van der Waals surface area contributed by atoms with Crippen LogP contribution >= 0.6 is 0 Å². The summed E-state index contributed by atoms with van der Waals surface area (Å²) in [5.41, 5.74) is 4.02. The van der Waals surface area contributed by atoms with Gasteiger partial charge in [-0.1, -0.05) is 109 Å². The average Bonchev–Trinajstić information content (AvgIpc) is 2.62. The molecule has 0 aliphatic heterocycles. The molecule has 1 rings (SSSR count). The predicted octanol–water partition coefficient (Wildman–Crippen LogP) is 7.51. The van der Waals surface area contributed by atoms with Crippen LogP contribution in [0, 0.1) is 0 Å². The Hall–Kier alpha value is -1.02. The van der Waals surface area contributed by atoms with Crippen LogP contribution in [0.1, 0.15) is 96.8 Å². The molecule has 0 unspecified atom stereocenters. The van der Waals surface area contributed by atoms with E-state index in [0.717, 1.165) is 18.7 Å². The first kappa shape index (κ1) is 21.0. The van der Waals surface area contributed by atoms with Gasteiger partial charge in [-0.2, -0.15) is 0 Å². The summed E-state index contributed by atoms with van der Waals surface area (Å²) in [5.74, 6) is 0. The third-order valence-corrected chi connectivity index (χ3v) is 4.56. The first-order valence-electron chi connectivity index (χ1n) is 10.4. The van der Waals surface area contributed by atoms with Crippen LogP contribution in [-0.2, 0) is 4.84 Å². The largest absolute Gasteiger partial charge is 0.276 e. The number of anilines is 1. The van der Waals surface area contributed by atoms with Crippen LogP contribution < -0.4 is 5.48 Å². The van der Waals surface area contributed by atoms with Crippen LogP contribution in [0.5, 0.6) is 0 Å². The van der Waals surface area contributed by atoms with Crippen LogP contribution in [0.3, 0.4) is 0 Å². The fourth-order valence-corrected chi connectivity index (χ4v) is 3.01. The van der Waals surface area contributed by atoms with Gasteiger partial charge in [0.2, 0.25) is 0 Å². The van der Waals surface area contributed by atoms with E-state index in [4.69, 9.17) is 4.84 Å². The summed E-state index contributed by atoms with van der Waals surface area (Å²) in [4.78, 5) is 5.48. The number of hydrogen-bond acceptors (Lipinski definition) is 2. The molecule has 2 nitrogen and oxygen atoms in total. The van der Waals surface area contributed by atoms with Gasteiger partial charge >= 0.3 is 0 Å². The van der Waals surface area contributed by atoms with Crippen molar-refractivity contribution in [2.24, 2.45) is 0 Å². The molecule has 1 aromatic carbocycles. The van der Waals surface area contributed by atoms with Crippen molar-refractivity contribution < 1.29 is 4.84 Å². The normalized spacial score (nSPS) is 10.9. The van der Waals surface area contributed by atoms with Crippen molar-refractivity contribution in [1.82, 2.24) is 0 Å². The summed E-state index contributed by atoms with van der Waals surface area (Å²) in [6, 6.07) is 10.1. The van der Waals surface area contributed by atoms with Crippen LogP contribution in [-0.4, -0.2) is 6.61 Å². The van der Waals surface area contributed by atoms with E-state index in [9.17, 15) is 0 Å². The predicted molar refractivity (Wildman–Crippen MR) is 106 cm³/mol. The van der Waals surface area contributed by atoms with Gasteiger partial charge in [0, 0.05) is 0 Å². The highest BCUT2D eigenvalue weighted by Gasteiger charge is 1.95. The number of nitrogens with one attached hydrogen (secondary N) is 1. The second-order valence-electron chi connectivity index (χ2n) is 6.91. The summed E-state index contributed by atoms with van der Waals surface area (Å²) in [6.45, 7) is 3.08. The smallest absolute Gasteiger partial charge is 0.0746 e. The topological polar surface area (TPSA) is 21.3 Å². The van der Waals surface area contributed by atoms with Crippen LogP contribution in [0.4, 0.5) is 5.69 Å². The van der Waals surface area contributed by atoms with Crippen molar-refractivity contribution >= 4 is 5.69 Å². The highest BCUT2D eigenvalue weighted by atomic mass is 16.6. The molecule has 24 heavy (non-hydrogen) atoms. The molecule has 0 radical (unpaired) electrons. The second-order valence-corrected chi connectivity index (χ2v) is 6.91. The van der Waals surface area contributed by atoms with E-state index >= 15 is 0 Å². The standard InChI is InChI=1S/C22H39NO/c1-2-3-4-5-6-7-8-9-10-11-12-13-14-18-21-24-23-22-19-16-15-17-20-22/h15-17,19-20,23H,2-14,18,21H2,1H3. The van der Waals surface area contributed by atoms with E-state index in [1.807, 2.05) is 30.3 Å². The lowest BCUT2D eigenvalue weighted by Gasteiger charge is -2.06. The van der Waals surface area contributed by atoms with Gasteiger partial charge in [-0.25, -0.2) is 0 Å². The Morgan fingerprint density at radius 3 is 1.58 bits per heavy atom. The zero-order valence-electron chi connectivity index (χ0n) is 15.9. The molecule has 0 aliphatic carbocycles. The minimum Gasteiger partial charge on any atom is -0.276 e. The lowest BCUT2D eigenvalue weighted by atomic mass is 10.0. The van der Waals surface area contributed by atoms with Gasteiger partial charge in [-0.15, -0.1) is 0 Å². The van der Waals surface area contributed by atoms with E-state index in [2.05, 4.69) is 12.4 Å². The van der Waals surface area contributed by atoms with Crippen molar-refractivity contribution in [3.05, 3.63) is 30.3 Å². The lowest BCUT2D eigenvalue weighted by Crippen LogP contribution is -2.02. The number of para-hydroxylation sites is 1. The van der Waals surface area contributed by atoms with Crippen molar-refractivity contribution in [2.45, 2.75) is 96.8 Å². The summed E-state index contributed by atoms with van der Waals surface area (Å²) in [6.07, 6.45) is 19.5. The molecular formula is C22H39NO. The third kappa shape index (κ3) is 13.4. The monoisotopic (exact) mass is 333 g/mol. The third-order valence-electron chi connectivity index (χ3n) is 4.56. The van der Waals surface area contributed by atoms with Crippen LogP contribution in [0.25, 0.3) is 0 Å². The van der Waals surface area contributed by atoms with E-state index in [0.29, 0.717) is 0 Å². The van der Waals surface area contributed by atoms with Gasteiger partial charge < -0.3 is 0 Å². The van der Waals surface area contributed by atoms with Gasteiger partial charge in [0.05, 0.1) is 12.3 Å². The van der Waals surface area contributed by atoms with E-state index in [1.165, 1.54) is 83.5 Å². The van der Waals surface area contributed by atoms with Crippen LogP contribution in [0.2, 0.25) is 0 Å². The van der Waals surface area contributed by atoms with Crippen molar-refractivity contribution in [3.63, 3.8) is 0 Å². The van der Waals surface area contributed by atoms with Crippen molar-refractivity contribution in [1.29, 1.82) is 0 Å². The maximum Gasteiger partial charge on any atom is 0.0746 e. The zero-order chi connectivity index (χ0) is 17.1. The molecule has 0 amide bonds. The summed E-state index contributed by atoms with van der Waals surface area (Å²) in [5, 5.41) is 0. The van der Waals surface area contributed by atoms with Crippen molar-refractivity contribution in [3.8, 4) is 0 Å². The molecule has 1 N–H and O–H groups in total. The van der Waals surface area contributed by atoms with Gasteiger partial charge in [-0.05, 0) is 18.6 Å². The maximum atomic E-state index is 5.48.